The molecule has 2 aliphatic rings. The van der Waals surface area contributed by atoms with Crippen LogP contribution in [-0.4, -0.2) is 48.0 Å². The maximum atomic E-state index is 5.98. The summed E-state index contributed by atoms with van der Waals surface area (Å²) in [4.78, 5) is 7.05. The van der Waals surface area contributed by atoms with Gasteiger partial charge in [0.25, 0.3) is 0 Å². The van der Waals surface area contributed by atoms with Crippen molar-refractivity contribution in [1.82, 2.24) is 15.0 Å². The van der Waals surface area contributed by atoms with Crippen molar-refractivity contribution in [3.05, 3.63) is 71.1 Å². The zero-order valence-corrected chi connectivity index (χ0v) is 16.4. The summed E-state index contributed by atoms with van der Waals surface area (Å²) in [6.07, 6.45) is 1.52. The fourth-order valence-corrected chi connectivity index (χ4v) is 4.09. The smallest absolute Gasteiger partial charge is 0.229 e. The molecular weight excluding hydrogens is 366 g/mol. The molecule has 2 aromatic carbocycles. The first-order valence-corrected chi connectivity index (χ1v) is 10.3. The van der Waals surface area contributed by atoms with Gasteiger partial charge in [-0.15, -0.1) is 0 Å². The van der Waals surface area contributed by atoms with Crippen molar-refractivity contribution in [3.63, 3.8) is 0 Å². The molecule has 0 spiro atoms. The molecule has 5 rings (SSSR count). The molecule has 1 saturated heterocycles. The highest BCUT2D eigenvalue weighted by Crippen LogP contribution is 2.30. The number of hydrogen-bond donors (Lipinski definition) is 0. The first-order chi connectivity index (χ1) is 14.3. The van der Waals surface area contributed by atoms with Crippen LogP contribution in [0.3, 0.4) is 0 Å². The Morgan fingerprint density at radius 1 is 1.00 bits per heavy atom. The van der Waals surface area contributed by atoms with Crippen molar-refractivity contribution >= 4 is 0 Å². The molecule has 3 aromatic rings. The average molecular weight is 391 g/mol. The van der Waals surface area contributed by atoms with E-state index in [1.807, 2.05) is 6.07 Å². The topological polar surface area (TPSA) is 60.6 Å². The van der Waals surface area contributed by atoms with E-state index in [4.69, 9.17) is 14.0 Å². The second-order valence-corrected chi connectivity index (χ2v) is 7.61. The third-order valence-corrected chi connectivity index (χ3v) is 5.62. The van der Waals surface area contributed by atoms with Gasteiger partial charge in [-0.05, 0) is 29.2 Å². The fourth-order valence-electron chi connectivity index (χ4n) is 4.09. The average Bonchev–Trinajstić information content (AvgIpc) is 3.24. The maximum Gasteiger partial charge on any atom is 0.229 e. The van der Waals surface area contributed by atoms with Gasteiger partial charge in [0.1, 0.15) is 0 Å². The quantitative estimate of drug-likeness (QED) is 0.664. The number of benzene rings is 2. The highest BCUT2D eigenvalue weighted by Gasteiger charge is 2.23. The summed E-state index contributed by atoms with van der Waals surface area (Å²) in [5, 5.41) is 4.22. The third kappa shape index (κ3) is 4.24. The Labute approximate surface area is 170 Å². The highest BCUT2D eigenvalue weighted by molar-refractivity contribution is 5.55. The number of aromatic nitrogens is 2. The summed E-state index contributed by atoms with van der Waals surface area (Å²) in [7, 11) is 0. The van der Waals surface area contributed by atoms with Gasteiger partial charge < -0.3 is 14.0 Å². The van der Waals surface area contributed by atoms with Crippen LogP contribution in [-0.2, 0) is 28.9 Å². The van der Waals surface area contributed by atoms with Crippen LogP contribution in [0.4, 0.5) is 0 Å². The molecule has 1 fully saturated rings. The Morgan fingerprint density at radius 3 is 2.83 bits per heavy atom. The van der Waals surface area contributed by atoms with E-state index in [0.717, 1.165) is 51.4 Å². The fraction of sp³-hybridized carbons (Fsp3) is 0.391. The number of morpholine rings is 1. The lowest BCUT2D eigenvalue weighted by atomic mass is 9.96. The van der Waals surface area contributed by atoms with Crippen LogP contribution in [0.1, 0.15) is 28.7 Å². The predicted octanol–water partition coefficient (Wildman–Crippen LogP) is 3.43. The molecule has 0 bridgehead atoms. The van der Waals surface area contributed by atoms with Gasteiger partial charge in [-0.2, -0.15) is 4.98 Å². The van der Waals surface area contributed by atoms with Crippen molar-refractivity contribution in [2.24, 2.45) is 0 Å². The first-order valence-electron chi connectivity index (χ1n) is 10.3. The van der Waals surface area contributed by atoms with Gasteiger partial charge in [-0.1, -0.05) is 47.6 Å². The second-order valence-electron chi connectivity index (χ2n) is 7.61. The molecule has 0 unspecified atom stereocenters. The normalized spacial score (nSPS) is 19.8. The standard InChI is InChI=1S/C23H25N3O3/c1-2-7-20-18(5-1)8-11-28-21(20)15-22-24-23(25-29-22)19-6-3-4-17(14-19)16-26-9-12-27-13-10-26/h1-7,14,21H,8-13,15-16H2/t21-/m0/s1. The summed E-state index contributed by atoms with van der Waals surface area (Å²) in [6, 6.07) is 16.8. The zero-order valence-electron chi connectivity index (χ0n) is 16.4. The summed E-state index contributed by atoms with van der Waals surface area (Å²) in [6.45, 7) is 5.19. The Balaban J connectivity index is 1.30. The number of nitrogens with zero attached hydrogens (tertiary/aromatic N) is 3. The van der Waals surface area contributed by atoms with Crippen molar-refractivity contribution in [1.29, 1.82) is 0 Å². The van der Waals surface area contributed by atoms with Gasteiger partial charge in [0.2, 0.25) is 11.7 Å². The lowest BCUT2D eigenvalue weighted by Crippen LogP contribution is -2.35. The highest BCUT2D eigenvalue weighted by atomic mass is 16.5. The van der Waals surface area contributed by atoms with Crippen molar-refractivity contribution in [3.8, 4) is 11.4 Å². The van der Waals surface area contributed by atoms with Gasteiger partial charge in [-0.25, -0.2) is 0 Å². The molecule has 2 aliphatic heterocycles. The minimum Gasteiger partial charge on any atom is -0.379 e. The van der Waals surface area contributed by atoms with E-state index < -0.39 is 0 Å². The molecule has 6 nitrogen and oxygen atoms in total. The Hall–Kier alpha value is -2.54. The molecule has 1 atom stereocenters. The predicted molar refractivity (Wildman–Crippen MR) is 108 cm³/mol. The minimum absolute atomic E-state index is 0.0269. The van der Waals surface area contributed by atoms with Crippen molar-refractivity contribution in [2.45, 2.75) is 25.5 Å². The molecular formula is C23H25N3O3. The molecule has 0 N–H and O–H groups in total. The number of hydrogen-bond acceptors (Lipinski definition) is 6. The molecule has 0 aliphatic carbocycles. The first kappa shape index (κ1) is 18.5. The van der Waals surface area contributed by atoms with Gasteiger partial charge in [0.05, 0.1) is 32.3 Å². The SMILES string of the molecule is c1cc(CN2CCOCC2)cc(-c2noc(C[C@@H]3OCCc4ccccc43)n2)c1. The van der Waals surface area contributed by atoms with Crippen LogP contribution < -0.4 is 0 Å². The van der Waals surface area contributed by atoms with E-state index in [1.54, 1.807) is 0 Å². The van der Waals surface area contributed by atoms with Crippen molar-refractivity contribution in [2.75, 3.05) is 32.9 Å². The molecule has 0 saturated carbocycles. The third-order valence-electron chi connectivity index (χ3n) is 5.62. The Kier molecular flexibility index (Phi) is 5.39. The van der Waals surface area contributed by atoms with Gasteiger partial charge in [-0.3, -0.25) is 4.90 Å². The van der Waals surface area contributed by atoms with E-state index in [1.165, 1.54) is 16.7 Å². The van der Waals surface area contributed by atoms with Gasteiger partial charge >= 0.3 is 0 Å². The van der Waals surface area contributed by atoms with E-state index in [0.29, 0.717) is 18.1 Å². The summed E-state index contributed by atoms with van der Waals surface area (Å²) >= 11 is 0. The van der Waals surface area contributed by atoms with Crippen LogP contribution in [0, 0.1) is 0 Å². The molecule has 6 heteroatoms. The summed E-state index contributed by atoms with van der Waals surface area (Å²) in [5.74, 6) is 1.24. The molecule has 1 aromatic heterocycles. The van der Waals surface area contributed by atoms with Crippen LogP contribution in [0.5, 0.6) is 0 Å². The molecule has 0 radical (unpaired) electrons. The van der Waals surface area contributed by atoms with Crippen LogP contribution in [0.25, 0.3) is 11.4 Å². The Bertz CT molecular complexity index is 965. The summed E-state index contributed by atoms with van der Waals surface area (Å²) in [5.41, 5.74) is 4.81. The number of rotatable bonds is 5. The van der Waals surface area contributed by atoms with Crippen LogP contribution in [0.15, 0.2) is 53.1 Å². The number of fused-ring (bicyclic) bond motifs is 1. The molecule has 3 heterocycles. The van der Waals surface area contributed by atoms with Gasteiger partial charge in [0, 0.05) is 25.2 Å². The molecule has 29 heavy (non-hydrogen) atoms. The summed E-state index contributed by atoms with van der Waals surface area (Å²) < 4.78 is 17.0. The van der Waals surface area contributed by atoms with E-state index in [-0.39, 0.29) is 6.10 Å². The largest absolute Gasteiger partial charge is 0.379 e. The van der Waals surface area contributed by atoms with E-state index in [9.17, 15) is 0 Å². The molecule has 150 valence electrons. The second kappa shape index (κ2) is 8.45. The minimum atomic E-state index is -0.0269. The monoisotopic (exact) mass is 391 g/mol. The maximum absolute atomic E-state index is 5.98. The lowest BCUT2D eigenvalue weighted by Gasteiger charge is -2.26. The number of ether oxygens (including phenoxy) is 2. The Morgan fingerprint density at radius 2 is 1.90 bits per heavy atom. The van der Waals surface area contributed by atoms with E-state index in [2.05, 4.69) is 57.5 Å². The van der Waals surface area contributed by atoms with Crippen molar-refractivity contribution < 1.29 is 14.0 Å². The van der Waals surface area contributed by atoms with Gasteiger partial charge in [0.15, 0.2) is 0 Å². The van der Waals surface area contributed by atoms with E-state index >= 15 is 0 Å². The van der Waals surface area contributed by atoms with Crippen LogP contribution >= 0.6 is 0 Å². The molecule has 0 amide bonds. The zero-order chi connectivity index (χ0) is 19.5. The lowest BCUT2D eigenvalue weighted by molar-refractivity contribution is 0.0342. The van der Waals surface area contributed by atoms with Crippen LogP contribution in [0.2, 0.25) is 0 Å².